The average Bonchev–Trinajstić information content (AvgIpc) is 1.73. The molecular formula is H13K2Na2O13PSi3. The first-order chi connectivity index (χ1) is 7.20. The third-order valence-electron chi connectivity index (χ3n) is 0. The second-order valence-corrected chi connectivity index (χ2v) is 4.08. The summed E-state index contributed by atoms with van der Waals surface area (Å²) in [5.74, 6) is 0. The molecule has 0 amide bonds. The number of hydrogen-bond acceptors (Lipinski definition) is 4. The predicted octanol–water partition coefficient (Wildman–Crippen LogP) is -17.3. The van der Waals surface area contributed by atoms with Gasteiger partial charge < -0.3 is 49.2 Å². The smallest absolute Gasteiger partial charge is 1.00 e. The standard InChI is InChI=1S/2K.2Na.H3O4P.3H2O3Si.4H/c;;;;1-5(2,3)4;3*1-4(2)3;;;;/h;;;;(H3,1,2,3,4);3*1-2H;;;;/q4*+1;;;;;4*-1. The summed E-state index contributed by atoms with van der Waals surface area (Å²) in [6.07, 6.45) is 0. The molecule has 9 N–H and O–H groups in total. The molecule has 21 heavy (non-hydrogen) atoms. The average molecular weight is 460 g/mol. The fourth-order valence-electron chi connectivity index (χ4n) is 0. The van der Waals surface area contributed by atoms with Crippen LogP contribution in [-0.2, 0) is 18.0 Å². The van der Waals surface area contributed by atoms with Crippen LogP contribution in [0.5, 0.6) is 0 Å². The number of hydrogen-bond donors (Lipinski definition) is 9. The van der Waals surface area contributed by atoms with Crippen LogP contribution in [0.15, 0.2) is 0 Å². The van der Waals surface area contributed by atoms with E-state index in [-0.39, 0.29) is 168 Å². The number of rotatable bonds is 0. The molecule has 0 bridgehead atoms. The van der Waals surface area contributed by atoms with E-state index < -0.39 is 35.3 Å². The van der Waals surface area contributed by atoms with E-state index in [4.69, 9.17) is 61.4 Å². The van der Waals surface area contributed by atoms with Gasteiger partial charge in [0.25, 0.3) is 0 Å². The Morgan fingerprint density at radius 2 is 0.619 bits per heavy atom. The van der Waals surface area contributed by atoms with Crippen molar-refractivity contribution >= 4 is 35.3 Å². The predicted molar refractivity (Wildman–Crippen MR) is 51.3 cm³/mol. The molecule has 0 aliphatic carbocycles. The molecule has 21 heteroatoms. The maximum Gasteiger partial charge on any atom is 1.00 e. The monoisotopic (exact) mass is 460 g/mol. The van der Waals surface area contributed by atoms with E-state index in [0.29, 0.717) is 0 Å². The summed E-state index contributed by atoms with van der Waals surface area (Å²) in [5.41, 5.74) is 0. The second kappa shape index (κ2) is 35.4. The van der Waals surface area contributed by atoms with Crippen LogP contribution in [0.4, 0.5) is 0 Å². The van der Waals surface area contributed by atoms with Crippen LogP contribution in [0.3, 0.4) is 0 Å². The Hall–Kier alpha value is 4.23. The van der Waals surface area contributed by atoms with Gasteiger partial charge in [0.15, 0.2) is 0 Å². The maximum atomic E-state index is 8.88. The van der Waals surface area contributed by atoms with Gasteiger partial charge in [-0.2, -0.15) is 0 Å². The Morgan fingerprint density at radius 1 is 0.619 bits per heavy atom. The Bertz CT molecular complexity index is 248. The van der Waals surface area contributed by atoms with Crippen LogP contribution in [0.25, 0.3) is 0 Å². The Morgan fingerprint density at radius 3 is 0.619 bits per heavy atom. The van der Waals surface area contributed by atoms with Crippen molar-refractivity contribution < 1.29 is 229 Å². The first-order valence-corrected chi connectivity index (χ1v) is 8.21. The van der Waals surface area contributed by atoms with Crippen molar-refractivity contribution in [1.82, 2.24) is 0 Å². The van der Waals surface area contributed by atoms with Crippen molar-refractivity contribution in [3.05, 3.63) is 0 Å². The molecule has 0 aromatic carbocycles. The van der Waals surface area contributed by atoms with E-state index in [9.17, 15) is 0 Å². The van der Waals surface area contributed by atoms with Gasteiger partial charge in [-0.05, 0) is 0 Å². The van der Waals surface area contributed by atoms with Crippen molar-refractivity contribution in [3.8, 4) is 0 Å². The van der Waals surface area contributed by atoms with Crippen molar-refractivity contribution in [2.45, 2.75) is 0 Å². The van der Waals surface area contributed by atoms with Gasteiger partial charge in [0.1, 0.15) is 0 Å². The van der Waals surface area contributed by atoms with E-state index in [1.165, 1.54) is 0 Å². The fraction of sp³-hybridized carbons (Fsp3) is 0. The van der Waals surface area contributed by atoms with Crippen molar-refractivity contribution in [3.63, 3.8) is 0 Å². The van der Waals surface area contributed by atoms with Crippen LogP contribution >= 0.6 is 7.82 Å². The maximum absolute atomic E-state index is 8.88. The minimum absolute atomic E-state index is 0. The molecule has 0 spiro atoms. The summed E-state index contributed by atoms with van der Waals surface area (Å²) in [6.45, 7) is 0. The van der Waals surface area contributed by atoms with Gasteiger partial charge >= 0.3 is 197 Å². The van der Waals surface area contributed by atoms with Gasteiger partial charge in [-0.1, -0.05) is 0 Å². The molecule has 0 atom stereocenters. The van der Waals surface area contributed by atoms with Crippen LogP contribution in [-0.4, -0.2) is 71.0 Å². The van der Waals surface area contributed by atoms with Crippen molar-refractivity contribution in [2.24, 2.45) is 0 Å². The van der Waals surface area contributed by atoms with E-state index in [0.717, 1.165) is 0 Å². The van der Waals surface area contributed by atoms with Crippen LogP contribution in [0.1, 0.15) is 5.71 Å². The van der Waals surface area contributed by atoms with Gasteiger partial charge in [-0.3, -0.25) is 13.4 Å². The molecule has 0 saturated carbocycles. The summed E-state index contributed by atoms with van der Waals surface area (Å²) in [6, 6.07) is 0. The molecule has 0 saturated heterocycles. The molecule has 0 aromatic rings. The summed E-state index contributed by atoms with van der Waals surface area (Å²) in [7, 11) is -14.0. The van der Waals surface area contributed by atoms with Crippen molar-refractivity contribution in [1.29, 1.82) is 0 Å². The molecule has 0 heterocycles. The molecule has 0 aromatic heterocycles. The Labute approximate surface area is 258 Å². The van der Waals surface area contributed by atoms with E-state index >= 15 is 0 Å². The largest absolute Gasteiger partial charge is 1.00 e. The molecule has 0 aliphatic rings. The van der Waals surface area contributed by atoms with Crippen LogP contribution in [0, 0.1) is 0 Å². The van der Waals surface area contributed by atoms with Gasteiger partial charge in [0.05, 0.1) is 0 Å². The first-order valence-electron chi connectivity index (χ1n) is 2.74. The molecule has 0 fully saturated rings. The van der Waals surface area contributed by atoms with Gasteiger partial charge in [-0.25, -0.2) is 4.57 Å². The normalized spacial score (nSPS) is 6.24. The van der Waals surface area contributed by atoms with Crippen molar-refractivity contribution in [2.75, 3.05) is 0 Å². The molecule has 0 rings (SSSR count). The van der Waals surface area contributed by atoms with Crippen LogP contribution < -0.4 is 162 Å². The molecule has 112 valence electrons. The Kier molecular flexibility index (Phi) is 84.0. The van der Waals surface area contributed by atoms with Crippen LogP contribution in [0.2, 0.25) is 0 Å². The first kappa shape index (κ1) is 49.9. The van der Waals surface area contributed by atoms with Gasteiger partial charge in [0, 0.05) is 0 Å². The zero-order chi connectivity index (χ0) is 15.2. The molecule has 0 aliphatic heterocycles. The zero-order valence-corrected chi connectivity index (χ0v) is 25.7. The van der Waals surface area contributed by atoms with Gasteiger partial charge in [0.2, 0.25) is 0 Å². The number of phosphoric acid groups is 1. The van der Waals surface area contributed by atoms with E-state index in [1.807, 2.05) is 0 Å². The summed E-state index contributed by atoms with van der Waals surface area (Å²) >= 11 is 0. The molecule has 0 radical (unpaired) electrons. The quantitative estimate of drug-likeness (QED) is 0.120. The topological polar surface area (TPSA) is 250 Å². The van der Waals surface area contributed by atoms with E-state index in [1.54, 1.807) is 0 Å². The summed E-state index contributed by atoms with van der Waals surface area (Å²) < 4.78 is 35.1. The summed E-state index contributed by atoms with van der Waals surface area (Å²) in [4.78, 5) is 64.5. The minimum Gasteiger partial charge on any atom is -1.00 e. The molecular weight excluding hydrogens is 447 g/mol. The summed E-state index contributed by atoms with van der Waals surface area (Å²) in [5, 5.41) is 0. The third kappa shape index (κ3) is 668. The fourth-order valence-corrected chi connectivity index (χ4v) is 0. The second-order valence-electron chi connectivity index (χ2n) is 1.36. The van der Waals surface area contributed by atoms with E-state index in [2.05, 4.69) is 0 Å². The van der Waals surface area contributed by atoms with Gasteiger partial charge in [-0.15, -0.1) is 0 Å². The minimum atomic E-state index is -4.64. The Balaban J connectivity index is -0.00000000817. The molecule has 0 unspecified atom stereocenters. The zero-order valence-electron chi connectivity index (χ0n) is 15.6. The molecule has 13 nitrogen and oxygen atoms in total. The SMILES string of the molecule is O=P(O)(O)O.O=[Si](O)O.O=[Si](O)O.O=[Si](O)O.[H-].[H-].[H-].[H-].[K+].[K+].[Na+].[Na+]. The third-order valence-corrected chi connectivity index (χ3v) is 0.